The molecule has 2 rings (SSSR count). The molecule has 0 amide bonds. The molecule has 1 heterocycles. The molecule has 0 radical (unpaired) electrons. The number of hydrogen-bond donors (Lipinski definition) is 1. The molecule has 1 aromatic heterocycles. The van der Waals surface area contributed by atoms with E-state index in [0.717, 1.165) is 22.3 Å². The summed E-state index contributed by atoms with van der Waals surface area (Å²) in [5.41, 5.74) is 3.24. The maximum atomic E-state index is 8.70. The van der Waals surface area contributed by atoms with Crippen LogP contribution in [0.5, 0.6) is 5.75 Å². The number of benzene rings is 1. The zero-order valence-corrected chi connectivity index (χ0v) is 10.2. The highest BCUT2D eigenvalue weighted by Gasteiger charge is 2.02. The van der Waals surface area contributed by atoms with Crippen LogP contribution >= 0.6 is 0 Å². The molecule has 3 heteroatoms. The second-order valence-electron chi connectivity index (χ2n) is 4.19. The highest BCUT2D eigenvalue weighted by Crippen LogP contribution is 2.23. The van der Waals surface area contributed by atoms with E-state index in [9.17, 15) is 0 Å². The van der Waals surface area contributed by atoms with Crippen molar-refractivity contribution < 1.29 is 9.84 Å². The average molecular weight is 231 g/mol. The summed E-state index contributed by atoms with van der Waals surface area (Å²) in [5.74, 6) is 0.833. The van der Waals surface area contributed by atoms with Crippen LogP contribution in [0.15, 0.2) is 24.3 Å². The summed E-state index contributed by atoms with van der Waals surface area (Å²) in [4.78, 5) is 4.48. The van der Waals surface area contributed by atoms with Crippen LogP contribution < -0.4 is 4.74 Å². The van der Waals surface area contributed by atoms with Crippen molar-refractivity contribution in [3.05, 3.63) is 35.5 Å². The summed E-state index contributed by atoms with van der Waals surface area (Å²) < 4.78 is 5.55. The maximum Gasteiger partial charge on any atom is 0.120 e. The van der Waals surface area contributed by atoms with Crippen molar-refractivity contribution in [2.75, 3.05) is 13.2 Å². The molecule has 3 nitrogen and oxygen atoms in total. The van der Waals surface area contributed by atoms with E-state index in [0.29, 0.717) is 13.0 Å². The molecular weight excluding hydrogens is 214 g/mol. The normalized spacial score (nSPS) is 10.8. The van der Waals surface area contributed by atoms with Gasteiger partial charge in [-0.1, -0.05) is 0 Å². The topological polar surface area (TPSA) is 42.4 Å². The van der Waals surface area contributed by atoms with Gasteiger partial charge >= 0.3 is 0 Å². The van der Waals surface area contributed by atoms with Gasteiger partial charge in [0, 0.05) is 24.1 Å². The van der Waals surface area contributed by atoms with Crippen molar-refractivity contribution >= 4 is 10.9 Å². The van der Waals surface area contributed by atoms with Crippen LogP contribution in [0.1, 0.15) is 17.7 Å². The molecule has 1 N–H and O–H groups in total. The van der Waals surface area contributed by atoms with Crippen molar-refractivity contribution in [1.29, 1.82) is 0 Å². The summed E-state index contributed by atoms with van der Waals surface area (Å²) in [6, 6.07) is 7.98. The summed E-state index contributed by atoms with van der Waals surface area (Å²) in [5, 5.41) is 9.82. The molecule has 0 saturated heterocycles. The minimum atomic E-state index is 0.160. The van der Waals surface area contributed by atoms with Gasteiger partial charge in [-0.2, -0.15) is 0 Å². The van der Waals surface area contributed by atoms with Gasteiger partial charge < -0.3 is 9.84 Å². The van der Waals surface area contributed by atoms with Gasteiger partial charge in [0.25, 0.3) is 0 Å². The lowest BCUT2D eigenvalue weighted by Gasteiger charge is -2.08. The SMILES string of the molecule is Cc1cc(C)c2cc(OCCCO)ccc2n1. The fraction of sp³-hybridized carbons (Fsp3) is 0.357. The predicted octanol–water partition coefficient (Wildman–Crippen LogP) is 2.61. The molecule has 0 aliphatic carbocycles. The molecule has 90 valence electrons. The number of pyridine rings is 1. The molecule has 0 fully saturated rings. The molecule has 1 aromatic carbocycles. The monoisotopic (exact) mass is 231 g/mol. The second-order valence-corrected chi connectivity index (χ2v) is 4.19. The Bertz CT molecular complexity index is 523. The Morgan fingerprint density at radius 3 is 2.82 bits per heavy atom. The van der Waals surface area contributed by atoms with E-state index in [1.54, 1.807) is 0 Å². The zero-order valence-electron chi connectivity index (χ0n) is 10.2. The van der Waals surface area contributed by atoms with Crippen molar-refractivity contribution in [2.24, 2.45) is 0 Å². The summed E-state index contributed by atoms with van der Waals surface area (Å²) in [6.07, 6.45) is 0.656. The highest BCUT2D eigenvalue weighted by atomic mass is 16.5. The van der Waals surface area contributed by atoms with E-state index in [-0.39, 0.29) is 6.61 Å². The van der Waals surface area contributed by atoms with Gasteiger partial charge in [0.1, 0.15) is 5.75 Å². The third kappa shape index (κ3) is 2.74. The average Bonchev–Trinajstić information content (AvgIpc) is 2.30. The first-order valence-electron chi connectivity index (χ1n) is 5.82. The van der Waals surface area contributed by atoms with Crippen molar-refractivity contribution in [3.8, 4) is 5.75 Å². The molecule has 17 heavy (non-hydrogen) atoms. The van der Waals surface area contributed by atoms with E-state index in [4.69, 9.17) is 9.84 Å². The number of ether oxygens (including phenoxy) is 1. The number of hydrogen-bond acceptors (Lipinski definition) is 3. The number of aromatic nitrogens is 1. The third-order valence-corrected chi connectivity index (χ3v) is 2.69. The first-order chi connectivity index (χ1) is 8.20. The summed E-state index contributed by atoms with van der Waals surface area (Å²) >= 11 is 0. The molecule has 2 aromatic rings. The van der Waals surface area contributed by atoms with Crippen LogP contribution in [-0.4, -0.2) is 23.3 Å². The largest absolute Gasteiger partial charge is 0.493 e. The Hall–Kier alpha value is -1.61. The number of rotatable bonds is 4. The first-order valence-corrected chi connectivity index (χ1v) is 5.82. The van der Waals surface area contributed by atoms with Crippen LogP contribution in [0.4, 0.5) is 0 Å². The molecular formula is C14H17NO2. The standard InChI is InChI=1S/C14H17NO2/c1-10-8-11(2)15-14-5-4-12(9-13(10)14)17-7-3-6-16/h4-5,8-9,16H,3,6-7H2,1-2H3. The minimum Gasteiger partial charge on any atom is -0.493 e. The van der Waals surface area contributed by atoms with Crippen LogP contribution in [0.2, 0.25) is 0 Å². The van der Waals surface area contributed by atoms with Crippen LogP contribution in [0.3, 0.4) is 0 Å². The van der Waals surface area contributed by atoms with Crippen molar-refractivity contribution in [1.82, 2.24) is 4.98 Å². The van der Waals surface area contributed by atoms with E-state index in [1.165, 1.54) is 5.56 Å². The van der Waals surface area contributed by atoms with Gasteiger partial charge in [0.15, 0.2) is 0 Å². The number of aliphatic hydroxyl groups is 1. The van der Waals surface area contributed by atoms with E-state index >= 15 is 0 Å². The number of aliphatic hydroxyl groups excluding tert-OH is 1. The lowest BCUT2D eigenvalue weighted by Crippen LogP contribution is -1.99. The van der Waals surface area contributed by atoms with Gasteiger partial charge in [0.2, 0.25) is 0 Å². The van der Waals surface area contributed by atoms with E-state index in [1.807, 2.05) is 25.1 Å². The number of fused-ring (bicyclic) bond motifs is 1. The highest BCUT2D eigenvalue weighted by molar-refractivity contribution is 5.83. The van der Waals surface area contributed by atoms with Gasteiger partial charge in [-0.05, 0) is 43.7 Å². The maximum absolute atomic E-state index is 8.70. The van der Waals surface area contributed by atoms with Crippen molar-refractivity contribution in [3.63, 3.8) is 0 Å². The van der Waals surface area contributed by atoms with Gasteiger partial charge in [-0.25, -0.2) is 0 Å². The Morgan fingerprint density at radius 1 is 1.24 bits per heavy atom. The minimum absolute atomic E-state index is 0.160. The molecule has 0 atom stereocenters. The molecule has 0 spiro atoms. The smallest absolute Gasteiger partial charge is 0.120 e. The Labute approximate surface area is 101 Å². The Balaban J connectivity index is 2.30. The van der Waals surface area contributed by atoms with E-state index < -0.39 is 0 Å². The molecule has 0 unspecified atom stereocenters. The van der Waals surface area contributed by atoms with Crippen LogP contribution in [0, 0.1) is 13.8 Å². The van der Waals surface area contributed by atoms with Gasteiger partial charge in [-0.3, -0.25) is 4.98 Å². The van der Waals surface area contributed by atoms with Crippen LogP contribution in [-0.2, 0) is 0 Å². The lowest BCUT2D eigenvalue weighted by atomic mass is 10.1. The molecule has 0 bridgehead atoms. The molecule has 0 aliphatic rings. The second kappa shape index (κ2) is 5.15. The molecule has 0 saturated carbocycles. The first kappa shape index (κ1) is 11.9. The Kier molecular flexibility index (Phi) is 3.59. The van der Waals surface area contributed by atoms with Gasteiger partial charge in [-0.15, -0.1) is 0 Å². The fourth-order valence-electron chi connectivity index (χ4n) is 1.89. The quantitative estimate of drug-likeness (QED) is 0.822. The summed E-state index contributed by atoms with van der Waals surface area (Å²) in [6.45, 7) is 4.78. The Morgan fingerprint density at radius 2 is 2.06 bits per heavy atom. The predicted molar refractivity (Wildman–Crippen MR) is 68.4 cm³/mol. The fourth-order valence-corrected chi connectivity index (χ4v) is 1.89. The van der Waals surface area contributed by atoms with Crippen LogP contribution in [0.25, 0.3) is 10.9 Å². The number of nitrogens with zero attached hydrogens (tertiary/aromatic N) is 1. The van der Waals surface area contributed by atoms with E-state index in [2.05, 4.69) is 18.0 Å². The van der Waals surface area contributed by atoms with Gasteiger partial charge in [0.05, 0.1) is 12.1 Å². The molecule has 0 aliphatic heterocycles. The number of aryl methyl sites for hydroxylation is 2. The third-order valence-electron chi connectivity index (χ3n) is 2.69. The lowest BCUT2D eigenvalue weighted by molar-refractivity contribution is 0.234. The zero-order chi connectivity index (χ0) is 12.3. The summed E-state index contributed by atoms with van der Waals surface area (Å²) in [7, 11) is 0. The van der Waals surface area contributed by atoms with Crippen molar-refractivity contribution in [2.45, 2.75) is 20.3 Å².